The molecule has 0 aromatic heterocycles. The van der Waals surface area contributed by atoms with E-state index in [-0.39, 0.29) is 56.3 Å². The number of aliphatic hydroxyl groups is 2. The van der Waals surface area contributed by atoms with Gasteiger partial charge in [0.05, 0.1) is 32.7 Å². The van der Waals surface area contributed by atoms with Gasteiger partial charge in [-0.1, -0.05) is 56.3 Å². The van der Waals surface area contributed by atoms with Crippen molar-refractivity contribution in [1.29, 1.82) is 0 Å². The molecule has 0 spiro atoms. The number of carboxylic acid groups (broad SMARTS) is 1. The monoisotopic (exact) mass is 1100 g/mol. The van der Waals surface area contributed by atoms with E-state index in [1.165, 1.54) is 24.3 Å². The average molecular weight is 1100 g/mol. The third kappa shape index (κ3) is 24.9. The average Bonchev–Trinajstić information content (AvgIpc) is 3.37. The Morgan fingerprint density at radius 2 is 1.05 bits per heavy atom. The lowest BCUT2D eigenvalue weighted by molar-refractivity contribution is -0.142. The molecule has 424 valence electrons. The summed E-state index contributed by atoms with van der Waals surface area (Å²) in [5.74, 6) is -12.2. The Morgan fingerprint density at radius 1 is 0.571 bits per heavy atom. The molecule has 0 heterocycles. The Hall–Kier alpha value is -8.09. The Morgan fingerprint density at radius 3 is 1.60 bits per heavy atom. The van der Waals surface area contributed by atoms with Crippen LogP contribution < -0.4 is 70.8 Å². The van der Waals surface area contributed by atoms with Gasteiger partial charge in [-0.25, -0.2) is 4.79 Å². The molecule has 0 unspecified atom stereocenters. The third-order valence-electron chi connectivity index (χ3n) is 10.9. The number of aliphatic carboxylic acids is 1. The lowest BCUT2D eigenvalue weighted by Gasteiger charge is -2.27. The highest BCUT2D eigenvalue weighted by atomic mass is 32.1. The Balaban J connectivity index is 2.25. The van der Waals surface area contributed by atoms with Crippen molar-refractivity contribution in [3.8, 4) is 5.75 Å². The molecule has 2 aromatic carbocycles. The van der Waals surface area contributed by atoms with Crippen molar-refractivity contribution in [3.63, 3.8) is 0 Å². The number of hydrogen-bond donors (Lipinski definition) is 18. The highest BCUT2D eigenvalue weighted by molar-refractivity contribution is 7.80. The number of nitrogens with zero attached hydrogens (tertiary/aromatic N) is 1. The van der Waals surface area contributed by atoms with Crippen LogP contribution in [0.25, 0.3) is 0 Å². The molecule has 77 heavy (non-hydrogen) atoms. The van der Waals surface area contributed by atoms with Crippen LogP contribution in [0.15, 0.2) is 59.6 Å². The van der Waals surface area contributed by atoms with Crippen LogP contribution >= 0.6 is 12.6 Å². The number of aromatic hydroxyl groups is 1. The van der Waals surface area contributed by atoms with E-state index in [1.807, 2.05) is 0 Å². The number of phenolic OH excluding ortho intramolecular Hbond substituents is 1. The zero-order chi connectivity index (χ0) is 57.8. The van der Waals surface area contributed by atoms with Gasteiger partial charge >= 0.3 is 5.97 Å². The molecule has 2 rings (SSSR count). The minimum Gasteiger partial charge on any atom is -0.508 e. The summed E-state index contributed by atoms with van der Waals surface area (Å²) in [6.07, 6.45) is -1.26. The second-order valence-corrected chi connectivity index (χ2v) is 18.1. The summed E-state index contributed by atoms with van der Waals surface area (Å²) >= 11 is 4.09. The Kier molecular flexibility index (Phi) is 28.5. The van der Waals surface area contributed by atoms with Crippen molar-refractivity contribution in [2.24, 2.45) is 33.8 Å². The number of carbonyl (C=O) groups is 11. The maximum absolute atomic E-state index is 14.1. The van der Waals surface area contributed by atoms with Gasteiger partial charge < -0.3 is 91.2 Å². The fourth-order valence-corrected chi connectivity index (χ4v) is 7.18. The molecule has 29 nitrogen and oxygen atoms in total. The molecule has 0 fully saturated rings. The lowest BCUT2D eigenvalue weighted by Crippen LogP contribution is -2.61. The first-order valence-corrected chi connectivity index (χ1v) is 24.6. The predicted molar refractivity (Wildman–Crippen MR) is 278 cm³/mol. The second-order valence-electron chi connectivity index (χ2n) is 17.8. The molecular formula is C47H70N14O15S. The molecule has 21 N–H and O–H groups in total. The van der Waals surface area contributed by atoms with Crippen LogP contribution in [-0.2, 0) is 65.6 Å². The first kappa shape index (κ1) is 65.0. The predicted octanol–water partition coefficient (Wildman–Crippen LogP) is -6.90. The highest BCUT2D eigenvalue weighted by Gasteiger charge is 2.34. The molecule has 8 atom stereocenters. The van der Waals surface area contributed by atoms with Gasteiger partial charge in [0.1, 0.15) is 54.1 Å². The quantitative estimate of drug-likeness (QED) is 0.0134. The van der Waals surface area contributed by atoms with E-state index in [0.717, 1.165) is 0 Å². The number of phenols is 1. The van der Waals surface area contributed by atoms with Crippen LogP contribution in [0.2, 0.25) is 0 Å². The lowest BCUT2D eigenvalue weighted by atomic mass is 10.0. The number of nitrogens with two attached hydrogens (primary N) is 4. The number of aliphatic imine (C=N–C) groups is 1. The fourth-order valence-electron chi connectivity index (χ4n) is 6.93. The van der Waals surface area contributed by atoms with Crippen molar-refractivity contribution in [1.82, 2.24) is 47.9 Å². The second kappa shape index (κ2) is 33.8. The minimum atomic E-state index is -1.87. The van der Waals surface area contributed by atoms with Crippen molar-refractivity contribution >= 4 is 83.6 Å². The van der Waals surface area contributed by atoms with E-state index < -0.39 is 152 Å². The molecule has 0 aliphatic carbocycles. The van der Waals surface area contributed by atoms with Gasteiger partial charge in [-0.3, -0.25) is 52.9 Å². The number of amides is 10. The molecule has 0 bridgehead atoms. The molecule has 30 heteroatoms. The SMILES string of the molecule is CC(C)C[C@H](NC(=O)CNC(=O)[C@@H](N)CO)C(=O)NCC(=O)N[C@@H](CS)C(=O)N[C@@H](CC(N)=O)C(=O)N[C@@H](CO)C(=O)N[C@@H](Cc1ccccc1)C(=O)N[C@@H](CCCN=C(N)N)C(=O)N[C@@H](Cc1ccc(O)cc1)C(=O)O. The third-order valence-corrected chi connectivity index (χ3v) is 11.3. The zero-order valence-corrected chi connectivity index (χ0v) is 43.3. The molecule has 0 aliphatic heterocycles. The first-order valence-electron chi connectivity index (χ1n) is 24.0. The van der Waals surface area contributed by atoms with Crippen LogP contribution in [-0.4, -0.2) is 178 Å². The summed E-state index contributed by atoms with van der Waals surface area (Å²) in [5.41, 5.74) is 22.6. The normalized spacial score (nSPS) is 14.0. The largest absolute Gasteiger partial charge is 0.508 e. The molecule has 0 saturated heterocycles. The summed E-state index contributed by atoms with van der Waals surface area (Å²) in [6.45, 7) is 0.409. The summed E-state index contributed by atoms with van der Waals surface area (Å²) in [6, 6.07) is 1.58. The number of hydrogen-bond acceptors (Lipinski definition) is 17. The molecule has 2 aromatic rings. The van der Waals surface area contributed by atoms with Crippen molar-refractivity contribution in [2.75, 3.05) is 38.6 Å². The summed E-state index contributed by atoms with van der Waals surface area (Å²) in [5, 5.41) is 60.1. The fraction of sp³-hybridized carbons (Fsp3) is 0.489. The number of carboxylic acids is 1. The van der Waals surface area contributed by atoms with Gasteiger partial charge in [0.2, 0.25) is 59.1 Å². The summed E-state index contributed by atoms with van der Waals surface area (Å²) in [7, 11) is 0. The number of carbonyl (C=O) groups excluding carboxylic acids is 10. The number of guanidine groups is 1. The van der Waals surface area contributed by atoms with Crippen LogP contribution in [0.3, 0.4) is 0 Å². The smallest absolute Gasteiger partial charge is 0.326 e. The Labute approximate surface area is 448 Å². The molecule has 0 aliphatic rings. The molecule has 0 saturated carbocycles. The number of nitrogens with one attached hydrogen (secondary N) is 9. The number of primary amides is 1. The van der Waals surface area contributed by atoms with E-state index in [1.54, 1.807) is 44.2 Å². The summed E-state index contributed by atoms with van der Waals surface area (Å²) in [4.78, 5) is 147. The van der Waals surface area contributed by atoms with Crippen LogP contribution in [0, 0.1) is 5.92 Å². The van der Waals surface area contributed by atoms with Crippen LogP contribution in [0.1, 0.15) is 50.7 Å². The van der Waals surface area contributed by atoms with E-state index in [0.29, 0.717) is 11.1 Å². The highest BCUT2D eigenvalue weighted by Crippen LogP contribution is 2.13. The van der Waals surface area contributed by atoms with Gasteiger partial charge in [-0.05, 0) is 48.4 Å². The van der Waals surface area contributed by atoms with E-state index in [2.05, 4.69) is 65.5 Å². The van der Waals surface area contributed by atoms with Crippen molar-refractivity contribution in [2.45, 2.75) is 101 Å². The number of rotatable bonds is 34. The summed E-state index contributed by atoms with van der Waals surface area (Å²) < 4.78 is 0. The Bertz CT molecular complexity index is 2380. The standard InChI is InChI=1S/C47H70N14O15S/c1-24(2)15-30(55-37(66)19-53-39(68)28(48)21-62)40(69)54-20-38(67)56-35(23-77)45(74)59-32(18-36(49)65)43(72)61-34(22-63)44(73)58-31(16-25-7-4-3-5-8-25)42(71)57-29(9-6-14-52-47(50)51)41(70)60-33(46(75)76)17-26-10-12-27(64)13-11-26/h3-5,7-8,10-13,24,28-35,62-64,77H,6,9,14-23,48H2,1-2H3,(H2,49,65)(H,53,68)(H,54,69)(H,55,66)(H,56,67)(H,57,71)(H,58,73)(H,59,74)(H,60,70)(H,61,72)(H,75,76)(H4,50,51,52)/t28-,29-,30-,31-,32-,33-,34-,35-/m0/s1. The van der Waals surface area contributed by atoms with Crippen molar-refractivity contribution < 1.29 is 73.2 Å². The first-order chi connectivity index (χ1) is 36.4. The minimum absolute atomic E-state index is 0.0000329. The van der Waals surface area contributed by atoms with Crippen LogP contribution in [0.4, 0.5) is 0 Å². The van der Waals surface area contributed by atoms with E-state index in [4.69, 9.17) is 28.0 Å². The van der Waals surface area contributed by atoms with E-state index >= 15 is 0 Å². The number of aliphatic hydroxyl groups excluding tert-OH is 2. The maximum Gasteiger partial charge on any atom is 0.326 e. The van der Waals surface area contributed by atoms with Gasteiger partial charge in [0, 0.05) is 25.1 Å². The van der Waals surface area contributed by atoms with Crippen molar-refractivity contribution in [3.05, 3.63) is 65.7 Å². The topological polar surface area (TPSA) is 493 Å². The number of thiol groups is 1. The van der Waals surface area contributed by atoms with Gasteiger partial charge in [-0.15, -0.1) is 0 Å². The maximum atomic E-state index is 14.1. The molecule has 0 radical (unpaired) electrons. The molecular weight excluding hydrogens is 1030 g/mol. The zero-order valence-electron chi connectivity index (χ0n) is 42.4. The van der Waals surface area contributed by atoms with Gasteiger partial charge in [-0.2, -0.15) is 12.6 Å². The number of benzene rings is 2. The molecule has 10 amide bonds. The van der Waals surface area contributed by atoms with Gasteiger partial charge in [0.25, 0.3) is 0 Å². The van der Waals surface area contributed by atoms with E-state index in [9.17, 15) is 68.1 Å². The van der Waals surface area contributed by atoms with Crippen LogP contribution in [0.5, 0.6) is 5.75 Å². The van der Waals surface area contributed by atoms with Gasteiger partial charge in [0.15, 0.2) is 5.96 Å².